The zero-order valence-electron chi connectivity index (χ0n) is 14.4. The molecule has 0 unspecified atom stereocenters. The molecular weight excluding hydrogens is 330 g/mol. The summed E-state index contributed by atoms with van der Waals surface area (Å²) in [7, 11) is 0. The van der Waals surface area contributed by atoms with E-state index in [1.54, 1.807) is 24.4 Å². The number of nitriles is 1. The lowest BCUT2D eigenvalue weighted by Gasteiger charge is -2.21. The summed E-state index contributed by atoms with van der Waals surface area (Å²) in [5, 5.41) is 32.0. The summed E-state index contributed by atoms with van der Waals surface area (Å²) in [6.07, 6.45) is 3.21. The van der Waals surface area contributed by atoms with Gasteiger partial charge < -0.3 is 14.9 Å². The second-order valence-corrected chi connectivity index (χ2v) is 7.44. The summed E-state index contributed by atoms with van der Waals surface area (Å²) in [5.41, 5.74) is 1.69. The van der Waals surface area contributed by atoms with Crippen LogP contribution in [0.3, 0.4) is 0 Å². The number of hydrogen-bond acceptors (Lipinski definition) is 5. The van der Waals surface area contributed by atoms with Gasteiger partial charge in [0.25, 0.3) is 0 Å². The molecule has 2 atom stereocenters. The molecule has 130 valence electrons. The van der Waals surface area contributed by atoms with E-state index in [2.05, 4.69) is 11.1 Å². The van der Waals surface area contributed by atoms with Gasteiger partial charge in [-0.3, -0.25) is 9.55 Å². The molecule has 1 fully saturated rings. The summed E-state index contributed by atoms with van der Waals surface area (Å²) in [5.74, 6) is -0.0310. The Kier molecular flexibility index (Phi) is 2.68. The van der Waals surface area contributed by atoms with Crippen molar-refractivity contribution in [1.82, 2.24) is 9.55 Å². The predicted molar refractivity (Wildman–Crippen MR) is 94.1 cm³/mol. The molecule has 0 saturated carbocycles. The van der Waals surface area contributed by atoms with E-state index in [9.17, 15) is 15.5 Å². The van der Waals surface area contributed by atoms with Crippen molar-refractivity contribution < 1.29 is 14.9 Å². The van der Waals surface area contributed by atoms with E-state index in [1.165, 1.54) is 4.57 Å². The van der Waals surface area contributed by atoms with E-state index in [0.29, 0.717) is 33.3 Å². The van der Waals surface area contributed by atoms with Crippen molar-refractivity contribution in [2.45, 2.75) is 37.9 Å². The molecule has 6 heteroatoms. The Bertz CT molecular complexity index is 1100. The van der Waals surface area contributed by atoms with Crippen LogP contribution in [0.15, 0.2) is 30.5 Å². The van der Waals surface area contributed by atoms with Crippen molar-refractivity contribution in [3.8, 4) is 23.5 Å². The Hall–Kier alpha value is -3.04. The molecular formula is C20H17N3O3. The van der Waals surface area contributed by atoms with Gasteiger partial charge in [-0.05, 0) is 51.0 Å². The average molecular weight is 347 g/mol. The van der Waals surface area contributed by atoms with Crippen molar-refractivity contribution in [2.24, 2.45) is 0 Å². The van der Waals surface area contributed by atoms with Gasteiger partial charge >= 0.3 is 0 Å². The van der Waals surface area contributed by atoms with Gasteiger partial charge in [0.05, 0.1) is 39.1 Å². The molecule has 0 spiro atoms. The Morgan fingerprint density at radius 3 is 2.38 bits per heavy atom. The van der Waals surface area contributed by atoms with E-state index in [0.717, 1.165) is 12.8 Å². The topological polar surface area (TPSA) is 91.3 Å². The quantitative estimate of drug-likeness (QED) is 0.702. The van der Waals surface area contributed by atoms with Crippen LogP contribution in [0.4, 0.5) is 0 Å². The van der Waals surface area contributed by atoms with Crippen molar-refractivity contribution in [3.05, 3.63) is 47.2 Å². The fourth-order valence-corrected chi connectivity index (χ4v) is 4.65. The highest BCUT2D eigenvalue weighted by Gasteiger charge is 2.59. The predicted octanol–water partition coefficient (Wildman–Crippen LogP) is 3.56. The summed E-state index contributed by atoms with van der Waals surface area (Å²) in [4.78, 5) is 4.31. The molecule has 2 aromatic heterocycles. The maximum Gasteiger partial charge on any atom is 0.205 e. The first-order valence-electron chi connectivity index (χ1n) is 8.55. The highest BCUT2D eigenvalue weighted by Crippen LogP contribution is 2.64. The van der Waals surface area contributed by atoms with Gasteiger partial charge in [-0.1, -0.05) is 0 Å². The summed E-state index contributed by atoms with van der Waals surface area (Å²) in [6.45, 7) is 3.90. The second kappa shape index (κ2) is 4.57. The monoisotopic (exact) mass is 347 g/mol. The molecule has 2 aliphatic heterocycles. The first kappa shape index (κ1) is 15.2. The normalized spacial score (nSPS) is 26.2. The van der Waals surface area contributed by atoms with Crippen LogP contribution in [-0.2, 0) is 15.9 Å². The number of hydrogen-bond donors (Lipinski definition) is 2. The molecule has 2 bridgehead atoms. The highest BCUT2D eigenvalue weighted by atomic mass is 16.5. The number of pyridine rings is 1. The van der Waals surface area contributed by atoms with Crippen LogP contribution in [0, 0.1) is 11.3 Å². The number of benzene rings is 1. The number of fused-ring (bicyclic) bond motifs is 6. The van der Waals surface area contributed by atoms with Crippen molar-refractivity contribution in [2.75, 3.05) is 0 Å². The molecule has 1 aromatic carbocycles. The van der Waals surface area contributed by atoms with E-state index >= 15 is 0 Å². The standard InChI is InChI=1S/C20H17N3O3/c1-19-7-8-20(2,26-19)15-14(19)17(24)23(18(15)25)13-6-5-11(10-21)16-12(13)4-3-9-22-16/h3-6,9,24-25H,7-8H2,1-2H3/t19-,20+. The fraction of sp³-hybridized carbons (Fsp3) is 0.300. The number of aromatic nitrogens is 2. The number of aromatic hydroxyl groups is 2. The Morgan fingerprint density at radius 2 is 1.77 bits per heavy atom. The third-order valence-electron chi connectivity index (χ3n) is 5.82. The lowest BCUT2D eigenvalue weighted by atomic mass is 9.80. The van der Waals surface area contributed by atoms with Gasteiger partial charge in [-0.2, -0.15) is 5.26 Å². The van der Waals surface area contributed by atoms with Crippen LogP contribution in [0.1, 0.15) is 43.4 Å². The van der Waals surface area contributed by atoms with Crippen molar-refractivity contribution in [3.63, 3.8) is 0 Å². The largest absolute Gasteiger partial charge is 0.494 e. The van der Waals surface area contributed by atoms with E-state index in [4.69, 9.17) is 4.74 Å². The molecule has 2 aliphatic rings. The van der Waals surface area contributed by atoms with Crippen molar-refractivity contribution >= 4 is 10.9 Å². The molecule has 2 N–H and O–H groups in total. The Labute approximate surface area is 149 Å². The van der Waals surface area contributed by atoms with Gasteiger partial charge in [0.1, 0.15) is 6.07 Å². The molecule has 6 nitrogen and oxygen atoms in total. The fourth-order valence-electron chi connectivity index (χ4n) is 4.65. The lowest BCUT2D eigenvalue weighted by molar-refractivity contribution is -0.0683. The first-order chi connectivity index (χ1) is 12.4. The van der Waals surface area contributed by atoms with Gasteiger partial charge in [0.15, 0.2) is 0 Å². The van der Waals surface area contributed by atoms with Gasteiger partial charge in [-0.15, -0.1) is 0 Å². The average Bonchev–Trinajstić information content (AvgIpc) is 3.18. The van der Waals surface area contributed by atoms with Crippen LogP contribution < -0.4 is 0 Å². The maximum atomic E-state index is 11.0. The molecule has 0 aliphatic carbocycles. The third kappa shape index (κ3) is 1.61. The van der Waals surface area contributed by atoms with Gasteiger partial charge in [-0.25, -0.2) is 0 Å². The first-order valence-corrected chi connectivity index (χ1v) is 8.55. The lowest BCUT2D eigenvalue weighted by Crippen LogP contribution is -2.17. The molecule has 0 radical (unpaired) electrons. The minimum Gasteiger partial charge on any atom is -0.494 e. The van der Waals surface area contributed by atoms with Crippen molar-refractivity contribution in [1.29, 1.82) is 5.26 Å². The molecule has 1 saturated heterocycles. The third-order valence-corrected chi connectivity index (χ3v) is 5.82. The zero-order chi connectivity index (χ0) is 18.3. The SMILES string of the molecule is C[C@]12CC[C@](C)(O1)c1c2c(O)n(-c2ccc(C#N)c3ncccc23)c1O. The summed E-state index contributed by atoms with van der Waals surface area (Å²) in [6, 6.07) is 9.12. The highest BCUT2D eigenvalue weighted by molar-refractivity contribution is 5.92. The van der Waals surface area contributed by atoms with Crippen LogP contribution >= 0.6 is 0 Å². The number of rotatable bonds is 1. The van der Waals surface area contributed by atoms with E-state index in [1.807, 2.05) is 19.9 Å². The molecule has 3 aromatic rings. The second-order valence-electron chi connectivity index (χ2n) is 7.44. The minimum absolute atomic E-state index is 0.0155. The molecule has 26 heavy (non-hydrogen) atoms. The van der Waals surface area contributed by atoms with Crippen LogP contribution in [0.5, 0.6) is 11.8 Å². The zero-order valence-corrected chi connectivity index (χ0v) is 14.4. The Balaban J connectivity index is 1.86. The smallest absolute Gasteiger partial charge is 0.205 e. The van der Waals surface area contributed by atoms with Crippen LogP contribution in [0.25, 0.3) is 16.6 Å². The maximum absolute atomic E-state index is 11.0. The van der Waals surface area contributed by atoms with Crippen LogP contribution in [0.2, 0.25) is 0 Å². The summed E-state index contributed by atoms with van der Waals surface area (Å²) >= 11 is 0. The van der Waals surface area contributed by atoms with E-state index in [-0.39, 0.29) is 11.8 Å². The van der Waals surface area contributed by atoms with Crippen LogP contribution in [-0.4, -0.2) is 19.8 Å². The molecule has 0 amide bonds. The molecule has 4 heterocycles. The Morgan fingerprint density at radius 1 is 1.12 bits per heavy atom. The number of ether oxygens (including phenoxy) is 1. The number of nitrogens with zero attached hydrogens (tertiary/aromatic N) is 3. The van der Waals surface area contributed by atoms with Gasteiger partial charge in [0.2, 0.25) is 11.8 Å². The molecule has 5 rings (SSSR count). The van der Waals surface area contributed by atoms with E-state index < -0.39 is 11.2 Å². The minimum atomic E-state index is -0.600. The van der Waals surface area contributed by atoms with Gasteiger partial charge in [0, 0.05) is 11.6 Å². The summed E-state index contributed by atoms with van der Waals surface area (Å²) < 4.78 is 7.59.